The predicted molar refractivity (Wildman–Crippen MR) is 241 cm³/mol. The van der Waals surface area contributed by atoms with Crippen LogP contribution in [0.1, 0.15) is 36.1 Å². The SMILES string of the molecule is C=Cc1ccc(-c2c3ccccc3c(-c3ccc4ccccc4c3)c3cc(-c4cccc(-c5ccc(C)c(-c6ncccc6CC)n5)c4)ccc23)cc1/C=C\C. The number of nitrogens with zero attached hydrogens (tertiary/aromatic N) is 2. The normalized spacial score (nSPS) is 11.6. The smallest absolute Gasteiger partial charge is 0.0925 e. The molecule has 0 spiro atoms. The average Bonchev–Trinajstić information content (AvgIpc) is 3.25. The zero-order chi connectivity index (χ0) is 38.2. The lowest BCUT2D eigenvalue weighted by molar-refractivity contribution is 1.09. The minimum Gasteiger partial charge on any atom is -0.254 e. The van der Waals surface area contributed by atoms with E-state index in [0.717, 1.165) is 56.9 Å². The van der Waals surface area contributed by atoms with E-state index < -0.39 is 0 Å². The van der Waals surface area contributed by atoms with Gasteiger partial charge in [0, 0.05) is 11.8 Å². The number of aromatic nitrogens is 2. The summed E-state index contributed by atoms with van der Waals surface area (Å²) < 4.78 is 0. The third kappa shape index (κ3) is 6.20. The summed E-state index contributed by atoms with van der Waals surface area (Å²) in [7, 11) is 0. The molecule has 0 aliphatic carbocycles. The fraction of sp³-hybridized carbons (Fsp3) is 0.0741. The molecule has 9 aromatic rings. The summed E-state index contributed by atoms with van der Waals surface area (Å²) in [6.07, 6.45) is 8.97. The quantitative estimate of drug-likeness (QED) is 0.146. The molecule has 9 rings (SSSR count). The van der Waals surface area contributed by atoms with Gasteiger partial charge in [-0.3, -0.25) is 4.98 Å². The first-order valence-electron chi connectivity index (χ1n) is 19.4. The molecule has 0 radical (unpaired) electrons. The van der Waals surface area contributed by atoms with Gasteiger partial charge in [0.05, 0.1) is 17.1 Å². The second-order valence-electron chi connectivity index (χ2n) is 14.5. The lowest BCUT2D eigenvalue weighted by Crippen LogP contribution is -1.97. The van der Waals surface area contributed by atoms with Crippen molar-refractivity contribution in [3.63, 3.8) is 0 Å². The molecule has 0 saturated heterocycles. The summed E-state index contributed by atoms with van der Waals surface area (Å²) in [5.74, 6) is 0. The van der Waals surface area contributed by atoms with Gasteiger partial charge in [-0.25, -0.2) is 4.98 Å². The summed E-state index contributed by atoms with van der Waals surface area (Å²) in [6.45, 7) is 10.4. The maximum Gasteiger partial charge on any atom is 0.0925 e. The molecule has 0 bridgehead atoms. The monoisotopic (exact) mass is 718 g/mol. The van der Waals surface area contributed by atoms with E-state index in [1.54, 1.807) is 0 Å². The Kier molecular flexibility index (Phi) is 9.17. The lowest BCUT2D eigenvalue weighted by Gasteiger charge is -2.20. The van der Waals surface area contributed by atoms with E-state index in [-0.39, 0.29) is 0 Å². The van der Waals surface area contributed by atoms with Gasteiger partial charge in [-0.15, -0.1) is 0 Å². The van der Waals surface area contributed by atoms with Crippen LogP contribution in [-0.4, -0.2) is 9.97 Å². The average molecular weight is 719 g/mol. The second-order valence-corrected chi connectivity index (χ2v) is 14.5. The molecule has 0 aliphatic rings. The van der Waals surface area contributed by atoms with Gasteiger partial charge in [0.15, 0.2) is 0 Å². The fourth-order valence-electron chi connectivity index (χ4n) is 8.29. The maximum absolute atomic E-state index is 5.22. The number of hydrogen-bond acceptors (Lipinski definition) is 2. The first-order valence-corrected chi connectivity index (χ1v) is 19.4. The van der Waals surface area contributed by atoms with Crippen LogP contribution in [0.3, 0.4) is 0 Å². The van der Waals surface area contributed by atoms with Crippen LogP contribution >= 0.6 is 0 Å². The van der Waals surface area contributed by atoms with Crippen LogP contribution in [-0.2, 0) is 6.42 Å². The van der Waals surface area contributed by atoms with Crippen molar-refractivity contribution >= 4 is 44.5 Å². The Labute approximate surface area is 329 Å². The summed E-state index contributed by atoms with van der Waals surface area (Å²) in [6, 6.07) is 55.4. The standard InChI is InChI=1S/C54H42N2/c1-5-14-39-32-44(25-23-36(39)6-2)51-46-20-10-11-21-47(46)52(45-26-24-38-15-8-9-16-40(38)33-45)49-34-42(27-28-48(49)51)41-17-12-18-43(31-41)50-29-22-35(4)53(56-50)54-37(7-3)19-13-30-55-54/h5-6,8-34H,2,7H2,1,3-4H3/b14-5-. The molecular weight excluding hydrogens is 677 g/mol. The fourth-order valence-corrected chi connectivity index (χ4v) is 8.29. The molecule has 7 aromatic carbocycles. The second kappa shape index (κ2) is 14.7. The number of pyridine rings is 2. The summed E-state index contributed by atoms with van der Waals surface area (Å²) in [5.41, 5.74) is 15.7. The van der Waals surface area contributed by atoms with Crippen molar-refractivity contribution in [3.8, 4) is 56.0 Å². The predicted octanol–water partition coefficient (Wildman–Crippen LogP) is 14.8. The van der Waals surface area contributed by atoms with Crippen LogP contribution in [0.5, 0.6) is 0 Å². The van der Waals surface area contributed by atoms with Crippen molar-refractivity contribution in [2.45, 2.75) is 27.2 Å². The van der Waals surface area contributed by atoms with Crippen LogP contribution in [0, 0.1) is 6.92 Å². The Bertz CT molecular complexity index is 3000. The van der Waals surface area contributed by atoms with E-state index in [1.807, 2.05) is 18.3 Å². The van der Waals surface area contributed by atoms with Crippen molar-refractivity contribution in [3.05, 3.63) is 193 Å². The molecule has 2 heteroatoms. The minimum absolute atomic E-state index is 0.904. The van der Waals surface area contributed by atoms with E-state index in [2.05, 4.69) is 185 Å². The summed E-state index contributed by atoms with van der Waals surface area (Å²) >= 11 is 0. The van der Waals surface area contributed by atoms with Gasteiger partial charge in [-0.1, -0.05) is 147 Å². The van der Waals surface area contributed by atoms with E-state index in [0.29, 0.717) is 0 Å². The van der Waals surface area contributed by atoms with Gasteiger partial charge >= 0.3 is 0 Å². The molecule has 2 nitrogen and oxygen atoms in total. The highest BCUT2D eigenvalue weighted by atomic mass is 14.8. The molecule has 56 heavy (non-hydrogen) atoms. The molecule has 2 aromatic heterocycles. The van der Waals surface area contributed by atoms with Crippen molar-refractivity contribution in [1.29, 1.82) is 0 Å². The Morgan fingerprint density at radius 1 is 0.536 bits per heavy atom. The van der Waals surface area contributed by atoms with Crippen LogP contribution in [0.4, 0.5) is 0 Å². The number of benzene rings is 7. The molecule has 0 atom stereocenters. The van der Waals surface area contributed by atoms with Crippen LogP contribution in [0.2, 0.25) is 0 Å². The van der Waals surface area contributed by atoms with Crippen molar-refractivity contribution in [2.24, 2.45) is 0 Å². The first-order chi connectivity index (χ1) is 27.5. The number of rotatable bonds is 8. The Morgan fingerprint density at radius 2 is 1.23 bits per heavy atom. The van der Waals surface area contributed by atoms with E-state index in [9.17, 15) is 0 Å². The highest BCUT2D eigenvalue weighted by molar-refractivity contribution is 6.22. The van der Waals surface area contributed by atoms with Crippen molar-refractivity contribution in [1.82, 2.24) is 9.97 Å². The van der Waals surface area contributed by atoms with Gasteiger partial charge in [0.25, 0.3) is 0 Å². The number of fused-ring (bicyclic) bond motifs is 3. The molecule has 268 valence electrons. The number of aryl methyl sites for hydroxylation is 2. The highest BCUT2D eigenvalue weighted by Crippen LogP contribution is 2.46. The van der Waals surface area contributed by atoms with Gasteiger partial charge in [-0.2, -0.15) is 0 Å². The Balaban J connectivity index is 1.28. The van der Waals surface area contributed by atoms with E-state index in [4.69, 9.17) is 9.97 Å². The molecule has 0 aliphatic heterocycles. The van der Waals surface area contributed by atoms with E-state index in [1.165, 1.54) is 60.1 Å². The van der Waals surface area contributed by atoms with Crippen LogP contribution in [0.15, 0.2) is 171 Å². The topological polar surface area (TPSA) is 25.8 Å². The Morgan fingerprint density at radius 3 is 2.04 bits per heavy atom. The zero-order valence-electron chi connectivity index (χ0n) is 32.1. The third-order valence-corrected chi connectivity index (χ3v) is 11.1. The maximum atomic E-state index is 5.22. The van der Waals surface area contributed by atoms with Crippen molar-refractivity contribution in [2.75, 3.05) is 0 Å². The Hall–Kier alpha value is -6.90. The van der Waals surface area contributed by atoms with Gasteiger partial charge in [0.1, 0.15) is 0 Å². The third-order valence-electron chi connectivity index (χ3n) is 11.1. The lowest BCUT2D eigenvalue weighted by atomic mass is 9.84. The van der Waals surface area contributed by atoms with E-state index >= 15 is 0 Å². The van der Waals surface area contributed by atoms with Crippen LogP contribution < -0.4 is 0 Å². The molecule has 0 fully saturated rings. The molecule has 0 N–H and O–H groups in total. The van der Waals surface area contributed by atoms with Gasteiger partial charge in [0.2, 0.25) is 0 Å². The molecule has 0 unspecified atom stereocenters. The first kappa shape index (κ1) is 34.8. The highest BCUT2D eigenvalue weighted by Gasteiger charge is 2.19. The molecule has 2 heterocycles. The number of allylic oxidation sites excluding steroid dienone is 1. The molecule has 0 saturated carbocycles. The largest absolute Gasteiger partial charge is 0.254 e. The minimum atomic E-state index is 0.904. The van der Waals surface area contributed by atoms with Crippen molar-refractivity contribution < 1.29 is 0 Å². The molecular formula is C54H42N2. The van der Waals surface area contributed by atoms with Gasteiger partial charge < -0.3 is 0 Å². The van der Waals surface area contributed by atoms with Crippen LogP contribution in [0.25, 0.3) is 100 Å². The summed E-state index contributed by atoms with van der Waals surface area (Å²) in [4.78, 5) is 9.99. The summed E-state index contributed by atoms with van der Waals surface area (Å²) in [5, 5.41) is 7.37. The van der Waals surface area contributed by atoms with Gasteiger partial charge in [-0.05, 0) is 145 Å². The number of hydrogen-bond donors (Lipinski definition) is 0. The molecule has 0 amide bonds. The zero-order valence-corrected chi connectivity index (χ0v) is 32.1.